The molecule has 0 fully saturated rings. The summed E-state index contributed by atoms with van der Waals surface area (Å²) in [6.07, 6.45) is -0.773. The summed E-state index contributed by atoms with van der Waals surface area (Å²) in [5.41, 5.74) is 0.921. The highest BCUT2D eigenvalue weighted by atomic mass is 19.1. The monoisotopic (exact) mass is 243 g/mol. The van der Waals surface area contributed by atoms with Crippen LogP contribution in [0.5, 0.6) is 11.5 Å². The van der Waals surface area contributed by atoms with Crippen molar-refractivity contribution < 1.29 is 19.0 Å². The minimum Gasteiger partial charge on any atom is -0.493 e. The molecule has 0 saturated heterocycles. The number of halogens is 1. The Morgan fingerprint density at radius 1 is 1.29 bits per heavy atom. The fraction of sp³-hybridized carbons (Fsp3) is 0.500. The van der Waals surface area contributed by atoms with Crippen molar-refractivity contribution >= 4 is 0 Å². The van der Waals surface area contributed by atoms with Crippen molar-refractivity contribution in [2.75, 3.05) is 27.8 Å². The summed E-state index contributed by atoms with van der Waals surface area (Å²) >= 11 is 0. The number of rotatable bonds is 6. The average Bonchev–Trinajstić information content (AvgIpc) is 2.37. The minimum atomic E-state index is -0.773. The van der Waals surface area contributed by atoms with Gasteiger partial charge in [0.15, 0.2) is 11.5 Å². The molecule has 0 aromatic heterocycles. The lowest BCUT2D eigenvalue weighted by atomic mass is 10.0. The Bertz CT molecular complexity index is 371. The number of aliphatic hydroxyl groups excluding tert-OH is 1. The van der Waals surface area contributed by atoms with E-state index >= 15 is 0 Å². The SMILES string of the molecule is CNCC(O)c1cc(OC)c(OC)cc1CF. The molecule has 0 saturated carbocycles. The molecule has 1 unspecified atom stereocenters. The normalized spacial score (nSPS) is 12.3. The smallest absolute Gasteiger partial charge is 0.161 e. The second-order valence-electron chi connectivity index (χ2n) is 3.61. The Morgan fingerprint density at radius 2 is 1.88 bits per heavy atom. The van der Waals surface area contributed by atoms with Crippen LogP contribution in [-0.4, -0.2) is 32.9 Å². The summed E-state index contributed by atoms with van der Waals surface area (Å²) < 4.78 is 23.1. The molecule has 1 atom stereocenters. The Kier molecular flexibility index (Phi) is 5.18. The van der Waals surface area contributed by atoms with E-state index < -0.39 is 12.8 Å². The topological polar surface area (TPSA) is 50.7 Å². The molecular weight excluding hydrogens is 225 g/mol. The van der Waals surface area contributed by atoms with Gasteiger partial charge in [-0.1, -0.05) is 0 Å². The second kappa shape index (κ2) is 6.42. The van der Waals surface area contributed by atoms with E-state index in [1.807, 2.05) is 0 Å². The third-order valence-electron chi connectivity index (χ3n) is 2.55. The van der Waals surface area contributed by atoms with Gasteiger partial charge < -0.3 is 19.9 Å². The standard InChI is InChI=1S/C12H18FNO3/c1-14-7-10(15)9-5-12(17-3)11(16-2)4-8(9)6-13/h4-5,10,14-15H,6-7H2,1-3H3. The number of likely N-dealkylation sites (N-methyl/N-ethyl adjacent to an activating group) is 1. The van der Waals surface area contributed by atoms with Gasteiger partial charge in [-0.05, 0) is 30.3 Å². The van der Waals surface area contributed by atoms with Crippen molar-refractivity contribution in [1.29, 1.82) is 0 Å². The van der Waals surface area contributed by atoms with E-state index in [4.69, 9.17) is 9.47 Å². The van der Waals surface area contributed by atoms with E-state index in [0.717, 1.165) is 0 Å². The number of benzene rings is 1. The molecule has 0 bridgehead atoms. The lowest BCUT2D eigenvalue weighted by Gasteiger charge is -2.17. The first-order valence-electron chi connectivity index (χ1n) is 5.31. The van der Waals surface area contributed by atoms with E-state index in [1.165, 1.54) is 14.2 Å². The van der Waals surface area contributed by atoms with Gasteiger partial charge in [0.05, 0.1) is 20.3 Å². The highest BCUT2D eigenvalue weighted by Crippen LogP contribution is 2.33. The number of hydrogen-bond acceptors (Lipinski definition) is 4. The number of alkyl halides is 1. The van der Waals surface area contributed by atoms with Gasteiger partial charge in [0, 0.05) is 6.54 Å². The highest BCUT2D eigenvalue weighted by molar-refractivity contribution is 5.48. The van der Waals surface area contributed by atoms with E-state index in [2.05, 4.69) is 5.32 Å². The molecule has 0 heterocycles. The fourth-order valence-electron chi connectivity index (χ4n) is 1.67. The minimum absolute atomic E-state index is 0.350. The van der Waals surface area contributed by atoms with Gasteiger partial charge in [-0.15, -0.1) is 0 Å². The molecule has 0 radical (unpaired) electrons. The van der Waals surface area contributed by atoms with Gasteiger partial charge in [-0.3, -0.25) is 0 Å². The summed E-state index contributed by atoms with van der Waals surface area (Å²) in [6.45, 7) is -0.307. The maximum atomic E-state index is 12.9. The number of methoxy groups -OCH3 is 2. The van der Waals surface area contributed by atoms with Crippen LogP contribution in [-0.2, 0) is 6.67 Å². The fourth-order valence-corrected chi connectivity index (χ4v) is 1.67. The van der Waals surface area contributed by atoms with Crippen molar-refractivity contribution in [3.05, 3.63) is 23.3 Å². The third-order valence-corrected chi connectivity index (χ3v) is 2.55. The number of aliphatic hydroxyl groups is 1. The molecule has 0 aliphatic carbocycles. The van der Waals surface area contributed by atoms with E-state index in [1.54, 1.807) is 19.2 Å². The van der Waals surface area contributed by atoms with Gasteiger partial charge in [0.2, 0.25) is 0 Å². The summed E-state index contributed by atoms with van der Waals surface area (Å²) in [6, 6.07) is 3.16. The molecule has 0 spiro atoms. The van der Waals surface area contributed by atoms with Gasteiger partial charge in [-0.2, -0.15) is 0 Å². The van der Waals surface area contributed by atoms with Crippen LogP contribution in [0.25, 0.3) is 0 Å². The third kappa shape index (κ3) is 3.08. The predicted octanol–water partition coefficient (Wildman–Crippen LogP) is 1.43. The summed E-state index contributed by atoms with van der Waals surface area (Å²) in [5, 5.41) is 12.7. The van der Waals surface area contributed by atoms with Crippen LogP contribution in [0.4, 0.5) is 4.39 Å². The number of ether oxygens (including phenoxy) is 2. The van der Waals surface area contributed by atoms with Crippen molar-refractivity contribution in [2.45, 2.75) is 12.8 Å². The molecular formula is C12H18FNO3. The van der Waals surface area contributed by atoms with E-state index in [9.17, 15) is 9.50 Å². The Morgan fingerprint density at radius 3 is 2.35 bits per heavy atom. The summed E-state index contributed by atoms with van der Waals surface area (Å²) in [7, 11) is 4.71. The molecule has 96 valence electrons. The molecule has 17 heavy (non-hydrogen) atoms. The van der Waals surface area contributed by atoms with Crippen LogP contribution in [0.1, 0.15) is 17.2 Å². The Hall–Kier alpha value is -1.33. The van der Waals surface area contributed by atoms with Crippen molar-refractivity contribution in [3.63, 3.8) is 0 Å². The molecule has 2 N–H and O–H groups in total. The van der Waals surface area contributed by atoms with Gasteiger partial charge in [0.1, 0.15) is 6.67 Å². The maximum Gasteiger partial charge on any atom is 0.161 e. The largest absolute Gasteiger partial charge is 0.493 e. The second-order valence-corrected chi connectivity index (χ2v) is 3.61. The predicted molar refractivity (Wildman–Crippen MR) is 63.2 cm³/mol. The average molecular weight is 243 g/mol. The van der Waals surface area contributed by atoms with Crippen molar-refractivity contribution in [2.24, 2.45) is 0 Å². The van der Waals surface area contributed by atoms with Crippen LogP contribution in [0.15, 0.2) is 12.1 Å². The van der Waals surface area contributed by atoms with Crippen LogP contribution < -0.4 is 14.8 Å². The van der Waals surface area contributed by atoms with Crippen LogP contribution in [0, 0.1) is 0 Å². The van der Waals surface area contributed by atoms with E-state index in [0.29, 0.717) is 29.2 Å². The first-order valence-corrected chi connectivity index (χ1v) is 5.31. The summed E-state index contributed by atoms with van der Waals surface area (Å²) in [5.74, 6) is 0.940. The number of nitrogens with one attached hydrogen (secondary N) is 1. The molecule has 1 aromatic rings. The zero-order valence-electron chi connectivity index (χ0n) is 10.3. The number of hydrogen-bond donors (Lipinski definition) is 2. The van der Waals surface area contributed by atoms with Crippen LogP contribution >= 0.6 is 0 Å². The quantitative estimate of drug-likeness (QED) is 0.793. The highest BCUT2D eigenvalue weighted by Gasteiger charge is 2.16. The molecule has 0 aliphatic heterocycles. The molecule has 0 amide bonds. The molecule has 0 aliphatic rings. The van der Waals surface area contributed by atoms with Gasteiger partial charge in [0.25, 0.3) is 0 Å². The molecule has 1 aromatic carbocycles. The van der Waals surface area contributed by atoms with Crippen molar-refractivity contribution in [1.82, 2.24) is 5.32 Å². The lowest BCUT2D eigenvalue weighted by molar-refractivity contribution is 0.175. The van der Waals surface area contributed by atoms with Crippen LogP contribution in [0.2, 0.25) is 0 Å². The van der Waals surface area contributed by atoms with Crippen LogP contribution in [0.3, 0.4) is 0 Å². The van der Waals surface area contributed by atoms with E-state index in [-0.39, 0.29) is 0 Å². The maximum absolute atomic E-state index is 12.9. The lowest BCUT2D eigenvalue weighted by Crippen LogP contribution is -2.18. The molecule has 1 rings (SSSR count). The van der Waals surface area contributed by atoms with Gasteiger partial charge >= 0.3 is 0 Å². The zero-order valence-corrected chi connectivity index (χ0v) is 10.3. The Balaban J connectivity index is 3.18. The first kappa shape index (κ1) is 13.7. The Labute approximate surface area is 100 Å². The van der Waals surface area contributed by atoms with Gasteiger partial charge in [-0.25, -0.2) is 4.39 Å². The summed E-state index contributed by atoms with van der Waals surface area (Å²) in [4.78, 5) is 0. The van der Waals surface area contributed by atoms with Crippen molar-refractivity contribution in [3.8, 4) is 11.5 Å². The molecule has 4 nitrogen and oxygen atoms in total. The zero-order chi connectivity index (χ0) is 12.8. The first-order chi connectivity index (χ1) is 8.17. The molecule has 5 heteroatoms.